The molecule has 1 aromatic heterocycles. The van der Waals surface area contributed by atoms with Crippen LogP contribution in [0.5, 0.6) is 5.75 Å². The van der Waals surface area contributed by atoms with Crippen molar-refractivity contribution >= 4 is 11.9 Å². The van der Waals surface area contributed by atoms with Gasteiger partial charge in [0.2, 0.25) is 0 Å². The second-order valence-corrected chi connectivity index (χ2v) is 6.08. The molecule has 5 heteroatoms. The van der Waals surface area contributed by atoms with Crippen molar-refractivity contribution in [1.82, 2.24) is 4.98 Å². The first kappa shape index (κ1) is 17.5. The maximum atomic E-state index is 12.7. The van der Waals surface area contributed by atoms with Crippen LogP contribution >= 0.6 is 0 Å². The zero-order valence-electron chi connectivity index (χ0n) is 15.3. The molecular weight excluding hydrogens is 352 g/mol. The van der Waals surface area contributed by atoms with Crippen LogP contribution in [-0.4, -0.2) is 18.0 Å². The summed E-state index contributed by atoms with van der Waals surface area (Å²) in [5, 5.41) is 2.74. The molecule has 4 aromatic rings. The van der Waals surface area contributed by atoms with Crippen molar-refractivity contribution in [2.45, 2.75) is 0 Å². The number of carbonyl (C=O) groups is 1. The van der Waals surface area contributed by atoms with Gasteiger partial charge in [0.25, 0.3) is 5.91 Å². The molecule has 0 spiro atoms. The fourth-order valence-corrected chi connectivity index (χ4v) is 2.95. The van der Waals surface area contributed by atoms with Gasteiger partial charge in [0.05, 0.1) is 12.7 Å². The number of nitrogens with zero attached hydrogens (tertiary/aromatic N) is 1. The highest BCUT2D eigenvalue weighted by molar-refractivity contribution is 6.05. The third kappa shape index (κ3) is 3.50. The molecule has 138 valence electrons. The van der Waals surface area contributed by atoms with Gasteiger partial charge in [0, 0.05) is 11.1 Å². The Labute approximate surface area is 162 Å². The van der Waals surface area contributed by atoms with E-state index in [1.165, 1.54) is 7.11 Å². The standard InChI is InChI=1S/C23H18N2O3/c1-27-19-15-9-8-14-18(19)22(26)25-23-24-20(16-10-4-2-5-11-16)21(28-23)17-12-6-3-7-13-17/h2-15H,1H3,(H,24,25,26). The molecule has 1 heterocycles. The van der Waals surface area contributed by atoms with Gasteiger partial charge in [-0.25, -0.2) is 0 Å². The van der Waals surface area contributed by atoms with Crippen LogP contribution in [-0.2, 0) is 0 Å². The van der Waals surface area contributed by atoms with Crippen LogP contribution in [0.15, 0.2) is 89.3 Å². The van der Waals surface area contributed by atoms with Crippen LogP contribution in [0, 0.1) is 0 Å². The molecule has 0 aliphatic carbocycles. The van der Waals surface area contributed by atoms with E-state index in [0.717, 1.165) is 11.1 Å². The monoisotopic (exact) mass is 370 g/mol. The Kier molecular flexibility index (Phi) is 4.89. The summed E-state index contributed by atoms with van der Waals surface area (Å²) in [6, 6.07) is 26.5. The van der Waals surface area contributed by atoms with E-state index in [1.807, 2.05) is 66.7 Å². The lowest BCUT2D eigenvalue weighted by Crippen LogP contribution is -2.13. The highest BCUT2D eigenvalue weighted by Crippen LogP contribution is 2.34. The molecule has 0 unspecified atom stereocenters. The number of ether oxygens (including phenoxy) is 1. The Morgan fingerprint density at radius 1 is 0.857 bits per heavy atom. The molecule has 4 rings (SSSR count). The van der Waals surface area contributed by atoms with E-state index in [2.05, 4.69) is 10.3 Å². The molecular formula is C23H18N2O3. The molecule has 0 saturated carbocycles. The number of hydrogen-bond donors (Lipinski definition) is 1. The molecule has 0 aliphatic rings. The molecule has 3 aromatic carbocycles. The van der Waals surface area contributed by atoms with Gasteiger partial charge in [-0.2, -0.15) is 4.98 Å². The highest BCUT2D eigenvalue weighted by atomic mass is 16.5. The van der Waals surface area contributed by atoms with Crippen LogP contribution in [0.4, 0.5) is 6.01 Å². The number of nitrogens with one attached hydrogen (secondary N) is 1. The van der Waals surface area contributed by atoms with Crippen molar-refractivity contribution < 1.29 is 13.9 Å². The van der Waals surface area contributed by atoms with Gasteiger partial charge in [-0.1, -0.05) is 72.8 Å². The maximum Gasteiger partial charge on any atom is 0.302 e. The molecule has 28 heavy (non-hydrogen) atoms. The van der Waals surface area contributed by atoms with Crippen molar-refractivity contribution in [1.29, 1.82) is 0 Å². The molecule has 0 atom stereocenters. The van der Waals surface area contributed by atoms with E-state index >= 15 is 0 Å². The van der Waals surface area contributed by atoms with Gasteiger partial charge in [-0.15, -0.1) is 0 Å². The summed E-state index contributed by atoms with van der Waals surface area (Å²) in [6.07, 6.45) is 0. The lowest BCUT2D eigenvalue weighted by Gasteiger charge is -2.06. The summed E-state index contributed by atoms with van der Waals surface area (Å²) in [5.41, 5.74) is 2.86. The van der Waals surface area contributed by atoms with Crippen molar-refractivity contribution in [2.75, 3.05) is 12.4 Å². The average molecular weight is 370 g/mol. The van der Waals surface area contributed by atoms with E-state index in [9.17, 15) is 4.79 Å². The number of rotatable bonds is 5. The largest absolute Gasteiger partial charge is 0.496 e. The normalized spacial score (nSPS) is 10.5. The molecule has 0 fully saturated rings. The summed E-state index contributed by atoms with van der Waals surface area (Å²) >= 11 is 0. The smallest absolute Gasteiger partial charge is 0.302 e. The lowest BCUT2D eigenvalue weighted by molar-refractivity contribution is 0.102. The zero-order chi connectivity index (χ0) is 19.3. The number of amides is 1. The molecule has 1 amide bonds. The summed E-state index contributed by atoms with van der Waals surface area (Å²) in [5.74, 6) is 0.734. The van der Waals surface area contributed by atoms with E-state index in [0.29, 0.717) is 22.8 Å². The van der Waals surface area contributed by atoms with Gasteiger partial charge in [-0.3, -0.25) is 10.1 Å². The zero-order valence-corrected chi connectivity index (χ0v) is 15.3. The summed E-state index contributed by atoms with van der Waals surface area (Å²) in [4.78, 5) is 17.2. The topological polar surface area (TPSA) is 64.4 Å². The van der Waals surface area contributed by atoms with E-state index < -0.39 is 0 Å². The summed E-state index contributed by atoms with van der Waals surface area (Å²) in [7, 11) is 1.53. The number of hydrogen-bond acceptors (Lipinski definition) is 4. The number of anilines is 1. The third-order valence-electron chi connectivity index (χ3n) is 4.28. The number of methoxy groups -OCH3 is 1. The molecule has 1 N–H and O–H groups in total. The fraction of sp³-hybridized carbons (Fsp3) is 0.0435. The van der Waals surface area contributed by atoms with Crippen LogP contribution in [0.25, 0.3) is 22.6 Å². The summed E-state index contributed by atoms with van der Waals surface area (Å²) < 4.78 is 11.2. The Morgan fingerprint density at radius 3 is 2.14 bits per heavy atom. The minimum absolute atomic E-state index is 0.133. The highest BCUT2D eigenvalue weighted by Gasteiger charge is 2.20. The van der Waals surface area contributed by atoms with Gasteiger partial charge in [0.15, 0.2) is 5.76 Å². The lowest BCUT2D eigenvalue weighted by atomic mass is 10.1. The number of benzene rings is 3. The minimum atomic E-state index is -0.349. The van der Waals surface area contributed by atoms with Gasteiger partial charge < -0.3 is 9.15 Å². The molecule has 0 aliphatic heterocycles. The second kappa shape index (κ2) is 7.80. The van der Waals surface area contributed by atoms with Crippen LogP contribution in [0.3, 0.4) is 0 Å². The Balaban J connectivity index is 1.73. The molecule has 5 nitrogen and oxygen atoms in total. The fourth-order valence-electron chi connectivity index (χ4n) is 2.95. The molecule has 0 radical (unpaired) electrons. The Bertz CT molecular complexity index is 1030. The van der Waals surface area contributed by atoms with Crippen LogP contribution in [0.2, 0.25) is 0 Å². The Morgan fingerprint density at radius 2 is 1.46 bits per heavy atom. The summed E-state index contributed by atoms with van der Waals surface area (Å²) in [6.45, 7) is 0. The number of carbonyl (C=O) groups excluding carboxylic acids is 1. The quantitative estimate of drug-likeness (QED) is 0.520. The van der Waals surface area contributed by atoms with E-state index in [-0.39, 0.29) is 11.9 Å². The number of aromatic nitrogens is 1. The number of oxazole rings is 1. The first-order chi connectivity index (χ1) is 13.8. The number of para-hydroxylation sites is 1. The molecule has 0 saturated heterocycles. The maximum absolute atomic E-state index is 12.7. The Hall–Kier alpha value is -3.86. The van der Waals surface area contributed by atoms with Gasteiger partial charge in [0.1, 0.15) is 11.4 Å². The predicted octanol–water partition coefficient (Wildman–Crippen LogP) is 5.27. The first-order valence-corrected chi connectivity index (χ1v) is 8.82. The second-order valence-electron chi connectivity index (χ2n) is 6.08. The minimum Gasteiger partial charge on any atom is -0.496 e. The SMILES string of the molecule is COc1ccccc1C(=O)Nc1nc(-c2ccccc2)c(-c2ccccc2)o1. The van der Waals surface area contributed by atoms with E-state index in [4.69, 9.17) is 9.15 Å². The van der Waals surface area contributed by atoms with E-state index in [1.54, 1.807) is 18.2 Å². The third-order valence-corrected chi connectivity index (χ3v) is 4.28. The van der Waals surface area contributed by atoms with Crippen LogP contribution < -0.4 is 10.1 Å². The van der Waals surface area contributed by atoms with Crippen molar-refractivity contribution in [3.8, 4) is 28.3 Å². The van der Waals surface area contributed by atoms with Crippen molar-refractivity contribution in [2.24, 2.45) is 0 Å². The van der Waals surface area contributed by atoms with Crippen molar-refractivity contribution in [3.05, 3.63) is 90.5 Å². The predicted molar refractivity (Wildman–Crippen MR) is 108 cm³/mol. The molecule has 0 bridgehead atoms. The van der Waals surface area contributed by atoms with Gasteiger partial charge in [-0.05, 0) is 12.1 Å². The average Bonchev–Trinajstić information content (AvgIpc) is 3.18. The van der Waals surface area contributed by atoms with Crippen molar-refractivity contribution in [3.63, 3.8) is 0 Å². The van der Waals surface area contributed by atoms with Crippen LogP contribution in [0.1, 0.15) is 10.4 Å². The van der Waals surface area contributed by atoms with Gasteiger partial charge >= 0.3 is 6.01 Å². The first-order valence-electron chi connectivity index (χ1n) is 8.82.